The van der Waals surface area contributed by atoms with Crippen molar-refractivity contribution in [3.05, 3.63) is 27.2 Å². The number of halogens is 1. The molecule has 0 saturated carbocycles. The molecule has 0 spiro atoms. The third kappa shape index (κ3) is 1.46. The van der Waals surface area contributed by atoms with E-state index in [9.17, 15) is 10.1 Å². The molecule has 1 heterocycles. The summed E-state index contributed by atoms with van der Waals surface area (Å²) in [5.41, 5.74) is -0.382. The Morgan fingerprint density at radius 3 is 2.92 bits per heavy atom. The topological polar surface area (TPSA) is 92.7 Å². The van der Waals surface area contributed by atoms with Crippen molar-refractivity contribution in [2.75, 3.05) is 0 Å². The van der Waals surface area contributed by atoms with Crippen molar-refractivity contribution < 1.29 is 4.92 Å². The highest BCUT2D eigenvalue weighted by Crippen LogP contribution is 2.13. The Balaban J connectivity index is 3.32. The van der Waals surface area contributed by atoms with E-state index >= 15 is 0 Å². The Hall–Kier alpha value is -1.74. The van der Waals surface area contributed by atoms with Crippen LogP contribution in [0, 0.1) is 21.4 Å². The molecule has 6 nitrogen and oxygen atoms in total. The molecule has 60 valence electrons. The third-order valence-electron chi connectivity index (χ3n) is 1.00. The van der Waals surface area contributed by atoms with Crippen LogP contribution in [0.1, 0.15) is 5.69 Å². The van der Waals surface area contributed by atoms with Crippen molar-refractivity contribution in [2.24, 2.45) is 0 Å². The molecule has 0 aliphatic carbocycles. The Morgan fingerprint density at radius 1 is 1.75 bits per heavy atom. The molecule has 0 amide bonds. The van der Waals surface area contributed by atoms with Crippen molar-refractivity contribution in [3.8, 4) is 6.07 Å². The lowest BCUT2D eigenvalue weighted by Crippen LogP contribution is -1.98. The second-order valence-corrected chi connectivity index (χ2v) is 2.12. The van der Waals surface area contributed by atoms with Gasteiger partial charge in [-0.1, -0.05) is 11.6 Å². The van der Waals surface area contributed by atoms with E-state index in [1.165, 1.54) is 6.07 Å². The average Bonchev–Trinajstić information content (AvgIpc) is 2.03. The van der Waals surface area contributed by atoms with Gasteiger partial charge in [0.25, 0.3) is 0 Å². The van der Waals surface area contributed by atoms with E-state index in [4.69, 9.17) is 16.9 Å². The van der Waals surface area contributed by atoms with Crippen LogP contribution in [0.4, 0.5) is 5.82 Å². The highest BCUT2D eigenvalue weighted by Gasteiger charge is 2.16. The zero-order chi connectivity index (χ0) is 9.14. The number of hydrogen-bond acceptors (Lipinski definition) is 5. The molecule has 1 aromatic rings. The molecule has 0 atom stereocenters. The first-order valence-electron chi connectivity index (χ1n) is 2.72. The number of nitrogens with zero attached hydrogens (tertiary/aromatic N) is 4. The lowest BCUT2D eigenvalue weighted by molar-refractivity contribution is -0.390. The molecule has 0 bridgehead atoms. The first-order chi connectivity index (χ1) is 5.65. The van der Waals surface area contributed by atoms with Crippen molar-refractivity contribution >= 4 is 17.4 Å². The summed E-state index contributed by atoms with van der Waals surface area (Å²) in [6.45, 7) is 0. The molecule has 0 radical (unpaired) electrons. The fourth-order valence-electron chi connectivity index (χ4n) is 0.570. The minimum absolute atomic E-state index is 0.0443. The summed E-state index contributed by atoms with van der Waals surface area (Å²) in [7, 11) is 0. The van der Waals surface area contributed by atoms with Crippen LogP contribution in [0.2, 0.25) is 5.15 Å². The molecule has 0 saturated heterocycles. The minimum Gasteiger partial charge on any atom is -0.358 e. The number of nitriles is 1. The molecule has 12 heavy (non-hydrogen) atoms. The Bertz CT molecular complexity index is 372. The van der Waals surface area contributed by atoms with Crippen molar-refractivity contribution in [2.45, 2.75) is 0 Å². The molecule has 1 aromatic heterocycles. The van der Waals surface area contributed by atoms with E-state index in [0.717, 1.165) is 6.20 Å². The predicted octanol–water partition coefficient (Wildman–Crippen LogP) is 0.910. The van der Waals surface area contributed by atoms with Gasteiger partial charge < -0.3 is 10.1 Å². The fourth-order valence-corrected chi connectivity index (χ4v) is 0.703. The monoisotopic (exact) mass is 184 g/mol. The first-order valence-corrected chi connectivity index (χ1v) is 3.10. The van der Waals surface area contributed by atoms with Gasteiger partial charge in [0.15, 0.2) is 11.3 Å². The standard InChI is InChI=1S/C5HClN4O2/c6-4-2-8-5(10(11)12)3(1-7)9-4/h2H. The van der Waals surface area contributed by atoms with Gasteiger partial charge in [0.05, 0.1) is 0 Å². The van der Waals surface area contributed by atoms with Crippen LogP contribution >= 0.6 is 11.6 Å². The maximum Gasteiger partial charge on any atom is 0.400 e. The Kier molecular flexibility index (Phi) is 2.16. The Labute approximate surface area is 71.6 Å². The summed E-state index contributed by atoms with van der Waals surface area (Å²) >= 11 is 5.35. The quantitative estimate of drug-likeness (QED) is 0.478. The highest BCUT2D eigenvalue weighted by atomic mass is 35.5. The molecule has 7 heteroatoms. The zero-order valence-electron chi connectivity index (χ0n) is 5.56. The van der Waals surface area contributed by atoms with Crippen molar-refractivity contribution in [3.63, 3.8) is 0 Å². The molecule has 1 rings (SSSR count). The maximum atomic E-state index is 10.2. The SMILES string of the molecule is N#Cc1nc(Cl)cnc1[N+](=O)[O-]. The summed E-state index contributed by atoms with van der Waals surface area (Å²) in [4.78, 5) is 16.2. The van der Waals surface area contributed by atoms with E-state index in [1.54, 1.807) is 0 Å². The van der Waals surface area contributed by atoms with Gasteiger partial charge in [-0.05, 0) is 9.91 Å². The fraction of sp³-hybridized carbons (Fsp3) is 0. The van der Waals surface area contributed by atoms with Crippen LogP contribution < -0.4 is 0 Å². The van der Waals surface area contributed by atoms with E-state index in [0.29, 0.717) is 0 Å². The Morgan fingerprint density at radius 2 is 2.42 bits per heavy atom. The highest BCUT2D eigenvalue weighted by molar-refractivity contribution is 6.29. The van der Waals surface area contributed by atoms with Crippen LogP contribution in [0.5, 0.6) is 0 Å². The van der Waals surface area contributed by atoms with Gasteiger partial charge >= 0.3 is 5.82 Å². The molecular weight excluding hydrogens is 184 g/mol. The average molecular weight is 185 g/mol. The zero-order valence-corrected chi connectivity index (χ0v) is 6.32. The lowest BCUT2D eigenvalue weighted by Gasteiger charge is -1.92. The van der Waals surface area contributed by atoms with E-state index < -0.39 is 10.7 Å². The lowest BCUT2D eigenvalue weighted by atomic mass is 10.4. The summed E-state index contributed by atoms with van der Waals surface area (Å²) < 4.78 is 0. The molecule has 0 aromatic carbocycles. The van der Waals surface area contributed by atoms with Gasteiger partial charge in [-0.15, -0.1) is 0 Å². The molecule has 0 fully saturated rings. The second kappa shape index (κ2) is 3.11. The predicted molar refractivity (Wildman–Crippen MR) is 38.4 cm³/mol. The smallest absolute Gasteiger partial charge is 0.358 e. The van der Waals surface area contributed by atoms with Gasteiger partial charge in [-0.3, -0.25) is 0 Å². The van der Waals surface area contributed by atoms with Crippen molar-refractivity contribution in [1.29, 1.82) is 5.26 Å². The summed E-state index contributed by atoms with van der Waals surface area (Å²) in [6.07, 6.45) is 1.01. The molecule has 0 aliphatic heterocycles. The van der Waals surface area contributed by atoms with Gasteiger partial charge in [0.2, 0.25) is 5.69 Å². The number of nitro groups is 1. The molecule has 0 N–H and O–H groups in total. The van der Waals surface area contributed by atoms with Gasteiger partial charge in [-0.2, -0.15) is 5.26 Å². The van der Waals surface area contributed by atoms with Crippen molar-refractivity contribution in [1.82, 2.24) is 9.97 Å². The summed E-state index contributed by atoms with van der Waals surface area (Å²) in [6, 6.07) is 1.52. The van der Waals surface area contributed by atoms with Crippen LogP contribution in [0.3, 0.4) is 0 Å². The first kappa shape index (κ1) is 8.36. The van der Waals surface area contributed by atoms with Crippen LogP contribution in [-0.2, 0) is 0 Å². The van der Waals surface area contributed by atoms with E-state index in [2.05, 4.69) is 9.97 Å². The molecule has 0 unspecified atom stereocenters. The maximum absolute atomic E-state index is 10.2. The number of aromatic nitrogens is 2. The number of rotatable bonds is 1. The third-order valence-corrected chi connectivity index (χ3v) is 1.18. The van der Waals surface area contributed by atoms with Gasteiger partial charge in [0, 0.05) is 0 Å². The van der Waals surface area contributed by atoms with Crippen LogP contribution in [-0.4, -0.2) is 14.9 Å². The van der Waals surface area contributed by atoms with Gasteiger partial charge in [0.1, 0.15) is 6.07 Å². The van der Waals surface area contributed by atoms with Crippen LogP contribution in [0.25, 0.3) is 0 Å². The van der Waals surface area contributed by atoms with E-state index in [1.807, 2.05) is 0 Å². The normalized spacial score (nSPS) is 9.00. The second-order valence-electron chi connectivity index (χ2n) is 1.73. The van der Waals surface area contributed by atoms with E-state index in [-0.39, 0.29) is 10.8 Å². The largest absolute Gasteiger partial charge is 0.400 e. The summed E-state index contributed by atoms with van der Waals surface area (Å²) in [5.74, 6) is -0.582. The summed E-state index contributed by atoms with van der Waals surface area (Å²) in [5, 5.41) is 18.5. The molecule has 0 aliphatic rings. The van der Waals surface area contributed by atoms with Crippen LogP contribution in [0.15, 0.2) is 6.20 Å². The van der Waals surface area contributed by atoms with Gasteiger partial charge in [-0.25, -0.2) is 4.98 Å². The molecular formula is C5HClN4O2. The number of hydrogen-bond donors (Lipinski definition) is 0. The minimum atomic E-state index is -0.790.